The Morgan fingerprint density at radius 2 is 1.88 bits per heavy atom. The van der Waals surface area contributed by atoms with E-state index in [0.29, 0.717) is 38.8 Å². The van der Waals surface area contributed by atoms with E-state index in [1.807, 2.05) is 55.5 Å². The first-order chi connectivity index (χ1) is 16.0. The molecule has 1 atom stereocenters. The van der Waals surface area contributed by atoms with Gasteiger partial charge in [0.1, 0.15) is 6.04 Å². The van der Waals surface area contributed by atoms with E-state index in [9.17, 15) is 4.79 Å². The molecule has 0 spiro atoms. The average molecular weight is 477 g/mol. The lowest BCUT2D eigenvalue weighted by molar-refractivity contribution is -0.113. The molecule has 0 bridgehead atoms. The lowest BCUT2D eigenvalue weighted by atomic mass is 9.95. The number of pyridine rings is 1. The zero-order valence-corrected chi connectivity index (χ0v) is 19.0. The number of nitrogens with zero attached hydrogens (tertiary/aromatic N) is 4. The van der Waals surface area contributed by atoms with Crippen LogP contribution in [-0.4, -0.2) is 25.7 Å². The van der Waals surface area contributed by atoms with Gasteiger partial charge >= 0.3 is 0 Å². The first-order valence-corrected chi connectivity index (χ1v) is 10.9. The van der Waals surface area contributed by atoms with E-state index < -0.39 is 6.04 Å². The van der Waals surface area contributed by atoms with Crippen molar-refractivity contribution in [2.24, 2.45) is 0 Å². The molecule has 3 heterocycles. The highest BCUT2D eigenvalue weighted by atomic mass is 35.5. The summed E-state index contributed by atoms with van der Waals surface area (Å²) in [6.45, 7) is 1.84. The molecule has 1 aliphatic rings. The maximum absolute atomic E-state index is 13.5. The van der Waals surface area contributed by atoms with Gasteiger partial charge in [-0.2, -0.15) is 4.98 Å². The van der Waals surface area contributed by atoms with Crippen LogP contribution < -0.4 is 10.6 Å². The molecule has 0 radical (unpaired) electrons. The average Bonchev–Trinajstić information content (AvgIpc) is 3.25. The number of hydrogen-bond donors (Lipinski definition) is 2. The molecule has 1 aliphatic heterocycles. The van der Waals surface area contributed by atoms with Crippen LogP contribution in [0.15, 0.2) is 84.3 Å². The third-order valence-electron chi connectivity index (χ3n) is 5.31. The van der Waals surface area contributed by atoms with Crippen LogP contribution in [0.5, 0.6) is 0 Å². The van der Waals surface area contributed by atoms with Gasteiger partial charge in [-0.05, 0) is 48.9 Å². The van der Waals surface area contributed by atoms with Gasteiger partial charge in [0.05, 0.1) is 15.6 Å². The van der Waals surface area contributed by atoms with Crippen LogP contribution in [0, 0.1) is 0 Å². The summed E-state index contributed by atoms with van der Waals surface area (Å²) in [5.41, 5.74) is 3.37. The van der Waals surface area contributed by atoms with Gasteiger partial charge in [0.15, 0.2) is 5.82 Å². The molecule has 2 N–H and O–H groups in total. The Morgan fingerprint density at radius 3 is 2.61 bits per heavy atom. The third-order valence-corrected chi connectivity index (χ3v) is 6.05. The number of halogens is 2. The van der Waals surface area contributed by atoms with Gasteiger partial charge < -0.3 is 10.6 Å². The lowest BCUT2D eigenvalue weighted by Gasteiger charge is -2.29. The van der Waals surface area contributed by atoms with Gasteiger partial charge in [0, 0.05) is 29.3 Å². The van der Waals surface area contributed by atoms with E-state index in [4.69, 9.17) is 28.3 Å². The molecule has 0 saturated carbocycles. The summed E-state index contributed by atoms with van der Waals surface area (Å²) in [6.07, 6.45) is 3.38. The summed E-state index contributed by atoms with van der Waals surface area (Å²) < 4.78 is 1.69. The van der Waals surface area contributed by atoms with Gasteiger partial charge in [0.25, 0.3) is 5.91 Å². The number of allylic oxidation sites excluding steroid dienone is 1. The minimum Gasteiger partial charge on any atom is -0.328 e. The fourth-order valence-electron chi connectivity index (χ4n) is 3.77. The summed E-state index contributed by atoms with van der Waals surface area (Å²) in [5.74, 6) is 0.748. The van der Waals surface area contributed by atoms with Crippen molar-refractivity contribution in [3.63, 3.8) is 0 Å². The Morgan fingerprint density at radius 1 is 1.06 bits per heavy atom. The van der Waals surface area contributed by atoms with Crippen LogP contribution in [0.25, 0.3) is 11.4 Å². The molecule has 0 saturated heterocycles. The Bertz CT molecular complexity index is 1370. The quantitative estimate of drug-likeness (QED) is 0.401. The fraction of sp³-hybridized carbons (Fsp3) is 0.0833. The predicted octanol–water partition coefficient (Wildman–Crippen LogP) is 5.57. The van der Waals surface area contributed by atoms with Crippen LogP contribution in [0.2, 0.25) is 10.0 Å². The number of aromatic nitrogens is 4. The van der Waals surface area contributed by atoms with Crippen molar-refractivity contribution in [3.8, 4) is 11.4 Å². The maximum atomic E-state index is 13.5. The topological polar surface area (TPSA) is 84.7 Å². The number of hydrogen-bond acceptors (Lipinski definition) is 5. The zero-order chi connectivity index (χ0) is 22.9. The summed E-state index contributed by atoms with van der Waals surface area (Å²) in [4.78, 5) is 22.3. The van der Waals surface area contributed by atoms with Crippen molar-refractivity contribution in [1.29, 1.82) is 0 Å². The van der Waals surface area contributed by atoms with Crippen molar-refractivity contribution in [2.45, 2.75) is 13.0 Å². The maximum Gasteiger partial charge on any atom is 0.255 e. The molecule has 5 rings (SSSR count). The van der Waals surface area contributed by atoms with Crippen molar-refractivity contribution >= 4 is 40.7 Å². The second-order valence-corrected chi connectivity index (χ2v) is 8.32. The molecule has 7 nitrogen and oxygen atoms in total. The van der Waals surface area contributed by atoms with E-state index in [-0.39, 0.29) is 5.91 Å². The highest BCUT2D eigenvalue weighted by Gasteiger charge is 2.34. The lowest BCUT2D eigenvalue weighted by Crippen LogP contribution is -2.31. The SMILES string of the molecule is CC1=C(C(=O)Nc2ccccc2)C(c2ccc(Cl)c(Cl)c2)n2nc(-c3cccnc3)nc2N1. The second kappa shape index (κ2) is 8.69. The van der Waals surface area contributed by atoms with Crippen LogP contribution in [0.3, 0.4) is 0 Å². The molecule has 4 aromatic rings. The molecule has 1 unspecified atom stereocenters. The summed E-state index contributed by atoms with van der Waals surface area (Å²) >= 11 is 12.5. The number of benzene rings is 2. The Balaban J connectivity index is 1.63. The van der Waals surface area contributed by atoms with E-state index in [1.54, 1.807) is 29.2 Å². The zero-order valence-electron chi connectivity index (χ0n) is 17.5. The van der Waals surface area contributed by atoms with E-state index in [2.05, 4.69) is 20.6 Å². The molecule has 33 heavy (non-hydrogen) atoms. The Labute approximate surface area is 200 Å². The fourth-order valence-corrected chi connectivity index (χ4v) is 4.08. The summed E-state index contributed by atoms with van der Waals surface area (Å²) in [6, 6.07) is 17.7. The summed E-state index contributed by atoms with van der Waals surface area (Å²) in [5, 5.41) is 11.7. The van der Waals surface area contributed by atoms with Gasteiger partial charge in [-0.1, -0.05) is 47.5 Å². The first kappa shape index (κ1) is 21.2. The predicted molar refractivity (Wildman–Crippen MR) is 129 cm³/mol. The molecule has 2 aromatic carbocycles. The van der Waals surface area contributed by atoms with Crippen LogP contribution in [0.1, 0.15) is 18.5 Å². The minimum absolute atomic E-state index is 0.258. The number of nitrogens with one attached hydrogen (secondary N) is 2. The largest absolute Gasteiger partial charge is 0.328 e. The monoisotopic (exact) mass is 476 g/mol. The van der Waals surface area contributed by atoms with Crippen molar-refractivity contribution < 1.29 is 4.79 Å². The summed E-state index contributed by atoms with van der Waals surface area (Å²) in [7, 11) is 0. The van der Waals surface area contributed by atoms with Gasteiger partial charge in [-0.15, -0.1) is 5.10 Å². The molecular formula is C24H18Cl2N6O. The minimum atomic E-state index is -0.572. The molecular weight excluding hydrogens is 459 g/mol. The second-order valence-electron chi connectivity index (χ2n) is 7.51. The smallest absolute Gasteiger partial charge is 0.255 e. The van der Waals surface area contributed by atoms with Crippen molar-refractivity contribution in [1.82, 2.24) is 19.7 Å². The Kier molecular flexibility index (Phi) is 5.58. The van der Waals surface area contributed by atoms with Gasteiger partial charge in [0.2, 0.25) is 5.95 Å². The van der Waals surface area contributed by atoms with Crippen molar-refractivity contribution in [3.05, 3.63) is 99.9 Å². The number of carbonyl (C=O) groups is 1. The van der Waals surface area contributed by atoms with E-state index in [0.717, 1.165) is 11.1 Å². The van der Waals surface area contributed by atoms with Gasteiger partial charge in [-0.3, -0.25) is 9.78 Å². The standard InChI is InChI=1S/C24H18Cl2N6O/c1-14-20(23(33)29-17-7-3-2-4-8-17)21(15-9-10-18(25)19(26)12-15)32-24(28-14)30-22(31-32)16-6-5-11-27-13-16/h2-13,21H,1H3,(H,29,33)(H,28,30,31). The first-order valence-electron chi connectivity index (χ1n) is 10.2. The number of para-hydroxylation sites is 1. The Hall–Kier alpha value is -3.68. The molecule has 2 aromatic heterocycles. The number of fused-ring (bicyclic) bond motifs is 1. The van der Waals surface area contributed by atoms with Crippen molar-refractivity contribution in [2.75, 3.05) is 10.6 Å². The molecule has 164 valence electrons. The van der Waals surface area contributed by atoms with Crippen LogP contribution in [-0.2, 0) is 4.79 Å². The number of anilines is 2. The highest BCUT2D eigenvalue weighted by Crippen LogP contribution is 2.38. The molecule has 0 fully saturated rings. The highest BCUT2D eigenvalue weighted by molar-refractivity contribution is 6.42. The number of amides is 1. The molecule has 9 heteroatoms. The molecule has 1 amide bonds. The van der Waals surface area contributed by atoms with E-state index >= 15 is 0 Å². The van der Waals surface area contributed by atoms with Crippen LogP contribution >= 0.6 is 23.2 Å². The third kappa shape index (κ3) is 4.08. The number of carbonyl (C=O) groups excluding carboxylic acids is 1. The van der Waals surface area contributed by atoms with Crippen LogP contribution in [0.4, 0.5) is 11.6 Å². The van der Waals surface area contributed by atoms with E-state index in [1.165, 1.54) is 0 Å². The van der Waals surface area contributed by atoms with Gasteiger partial charge in [-0.25, -0.2) is 4.68 Å². The normalized spacial score (nSPS) is 15.1. The molecule has 0 aliphatic carbocycles. The number of rotatable bonds is 4.